The van der Waals surface area contributed by atoms with E-state index in [1.54, 1.807) is 18.7 Å². The van der Waals surface area contributed by atoms with E-state index >= 15 is 0 Å². The maximum absolute atomic E-state index is 13.0. The van der Waals surface area contributed by atoms with Gasteiger partial charge in [-0.25, -0.2) is 8.42 Å². The average molecular weight is 385 g/mol. The zero-order chi connectivity index (χ0) is 19.5. The van der Waals surface area contributed by atoms with Crippen LogP contribution < -0.4 is 0 Å². The summed E-state index contributed by atoms with van der Waals surface area (Å²) in [4.78, 5) is 14.4. The molecule has 1 amide bonds. The highest BCUT2D eigenvalue weighted by Gasteiger charge is 2.32. The molecule has 1 saturated heterocycles. The van der Waals surface area contributed by atoms with E-state index in [9.17, 15) is 13.2 Å². The van der Waals surface area contributed by atoms with Crippen molar-refractivity contribution in [3.05, 3.63) is 23.5 Å². The number of nitrogens with zero attached hydrogens (tertiary/aromatic N) is 4. The summed E-state index contributed by atoms with van der Waals surface area (Å²) >= 11 is 0. The van der Waals surface area contributed by atoms with Crippen LogP contribution in [0, 0.1) is 13.8 Å². The van der Waals surface area contributed by atoms with Crippen molar-refractivity contribution >= 4 is 15.9 Å². The second-order valence-corrected chi connectivity index (χ2v) is 8.41. The van der Waals surface area contributed by atoms with Crippen molar-refractivity contribution in [2.45, 2.75) is 39.1 Å². The van der Waals surface area contributed by atoms with Crippen molar-refractivity contribution in [3.63, 3.8) is 0 Å². The van der Waals surface area contributed by atoms with Crippen LogP contribution in [-0.2, 0) is 26.1 Å². The number of amides is 1. The molecule has 0 aromatic carbocycles. The third kappa shape index (κ3) is 4.33. The summed E-state index contributed by atoms with van der Waals surface area (Å²) in [5.41, 5.74) is 1.78. The SMILES string of the molecule is C=C(C)CN(CC)C(=O)Cn1nc(C)c(S(=O)(=O)N2CCOCC2)c1C. The Balaban J connectivity index is 2.27. The average Bonchev–Trinajstić information content (AvgIpc) is 2.87. The first-order valence-electron chi connectivity index (χ1n) is 8.72. The van der Waals surface area contributed by atoms with E-state index in [0.717, 1.165) is 5.57 Å². The molecule has 1 aliphatic rings. The van der Waals surface area contributed by atoms with Crippen LogP contribution in [0.15, 0.2) is 17.0 Å². The molecule has 9 heteroatoms. The van der Waals surface area contributed by atoms with E-state index in [0.29, 0.717) is 50.8 Å². The van der Waals surface area contributed by atoms with Gasteiger partial charge in [0.2, 0.25) is 15.9 Å². The van der Waals surface area contributed by atoms with E-state index in [1.807, 2.05) is 13.8 Å². The minimum Gasteiger partial charge on any atom is -0.379 e. The predicted octanol–water partition coefficient (Wildman–Crippen LogP) is 0.945. The Morgan fingerprint density at radius 3 is 2.46 bits per heavy atom. The van der Waals surface area contributed by atoms with E-state index in [-0.39, 0.29) is 17.3 Å². The van der Waals surface area contributed by atoms with Crippen LogP contribution in [0.1, 0.15) is 25.2 Å². The summed E-state index contributed by atoms with van der Waals surface area (Å²) in [5.74, 6) is -0.114. The fourth-order valence-corrected chi connectivity index (χ4v) is 4.83. The number of carbonyl (C=O) groups is 1. The molecule has 1 aromatic rings. The molecule has 0 aliphatic carbocycles. The summed E-state index contributed by atoms with van der Waals surface area (Å²) in [7, 11) is -3.65. The zero-order valence-electron chi connectivity index (χ0n) is 16.0. The van der Waals surface area contributed by atoms with E-state index in [1.165, 1.54) is 8.99 Å². The minimum absolute atomic E-state index is 0.00637. The first-order valence-corrected chi connectivity index (χ1v) is 10.2. The Hall–Kier alpha value is -1.71. The highest BCUT2D eigenvalue weighted by Crippen LogP contribution is 2.24. The maximum Gasteiger partial charge on any atom is 0.246 e. The molecule has 1 aromatic heterocycles. The van der Waals surface area contributed by atoms with Crippen LogP contribution in [0.25, 0.3) is 0 Å². The first-order chi connectivity index (χ1) is 12.2. The molecule has 0 saturated carbocycles. The van der Waals surface area contributed by atoms with Gasteiger partial charge in [0.15, 0.2) is 0 Å². The lowest BCUT2D eigenvalue weighted by Gasteiger charge is -2.26. The fraction of sp³-hybridized carbons (Fsp3) is 0.647. The lowest BCUT2D eigenvalue weighted by molar-refractivity contribution is -0.131. The van der Waals surface area contributed by atoms with Crippen molar-refractivity contribution < 1.29 is 17.9 Å². The summed E-state index contributed by atoms with van der Waals surface area (Å²) in [5, 5.41) is 4.32. The van der Waals surface area contributed by atoms with Crippen LogP contribution in [0.3, 0.4) is 0 Å². The molecule has 26 heavy (non-hydrogen) atoms. The quantitative estimate of drug-likeness (QED) is 0.654. The number of ether oxygens (including phenoxy) is 1. The second-order valence-electron chi connectivity index (χ2n) is 6.54. The van der Waals surface area contributed by atoms with Gasteiger partial charge >= 0.3 is 0 Å². The standard InChI is InChI=1S/C17H28N4O4S/c1-6-19(11-13(2)3)16(22)12-21-15(5)17(14(4)18-21)26(23,24)20-7-9-25-10-8-20/h2,6-12H2,1,3-5H3. The molecule has 0 atom stereocenters. The second kappa shape index (κ2) is 8.32. The Labute approximate surface area is 155 Å². The van der Waals surface area contributed by atoms with E-state index < -0.39 is 10.0 Å². The minimum atomic E-state index is -3.65. The Morgan fingerprint density at radius 2 is 1.92 bits per heavy atom. The van der Waals surface area contributed by atoms with Gasteiger partial charge in [0.1, 0.15) is 11.4 Å². The number of aromatic nitrogens is 2. The number of sulfonamides is 1. The van der Waals surface area contributed by atoms with Gasteiger partial charge in [-0.05, 0) is 27.7 Å². The van der Waals surface area contributed by atoms with E-state index in [4.69, 9.17) is 4.74 Å². The summed E-state index contributed by atoms with van der Waals surface area (Å²) < 4.78 is 34.1. The van der Waals surface area contributed by atoms with Crippen LogP contribution in [0.4, 0.5) is 0 Å². The van der Waals surface area contributed by atoms with Crippen LogP contribution >= 0.6 is 0 Å². The molecule has 0 bridgehead atoms. The van der Waals surface area contributed by atoms with Crippen LogP contribution in [0.2, 0.25) is 0 Å². The van der Waals surface area contributed by atoms with Crippen molar-refractivity contribution in [2.24, 2.45) is 0 Å². The highest BCUT2D eigenvalue weighted by atomic mass is 32.2. The lowest BCUT2D eigenvalue weighted by Crippen LogP contribution is -2.41. The van der Waals surface area contributed by atoms with Gasteiger partial charge in [0.05, 0.1) is 24.6 Å². The molecule has 1 aliphatic heterocycles. The predicted molar refractivity (Wildman–Crippen MR) is 98.3 cm³/mol. The molecule has 1 fully saturated rings. The van der Waals surface area contributed by atoms with Gasteiger partial charge in [-0.2, -0.15) is 9.40 Å². The molecule has 8 nitrogen and oxygen atoms in total. The molecule has 0 unspecified atom stereocenters. The molecular weight excluding hydrogens is 356 g/mol. The largest absolute Gasteiger partial charge is 0.379 e. The Morgan fingerprint density at radius 1 is 1.31 bits per heavy atom. The fourth-order valence-electron chi connectivity index (χ4n) is 3.05. The number of rotatable bonds is 7. The Bertz CT molecular complexity index is 779. The van der Waals surface area contributed by atoms with Gasteiger partial charge in [-0.1, -0.05) is 12.2 Å². The highest BCUT2D eigenvalue weighted by molar-refractivity contribution is 7.89. The van der Waals surface area contributed by atoms with Crippen molar-refractivity contribution in [1.29, 1.82) is 0 Å². The van der Waals surface area contributed by atoms with Gasteiger partial charge in [-0.3, -0.25) is 9.48 Å². The van der Waals surface area contributed by atoms with Crippen molar-refractivity contribution in [2.75, 3.05) is 39.4 Å². The molecule has 0 spiro atoms. The molecular formula is C17H28N4O4S. The smallest absolute Gasteiger partial charge is 0.246 e. The van der Waals surface area contributed by atoms with Crippen LogP contribution in [0.5, 0.6) is 0 Å². The molecule has 0 N–H and O–H groups in total. The summed E-state index contributed by atoms with van der Waals surface area (Å²) in [6.07, 6.45) is 0. The number of hydrogen-bond acceptors (Lipinski definition) is 5. The number of carbonyl (C=O) groups excluding carboxylic acids is 1. The molecule has 146 valence electrons. The third-order valence-corrected chi connectivity index (χ3v) is 6.51. The van der Waals surface area contributed by atoms with Gasteiger partial charge in [-0.15, -0.1) is 0 Å². The van der Waals surface area contributed by atoms with Gasteiger partial charge in [0, 0.05) is 26.2 Å². The number of hydrogen-bond donors (Lipinski definition) is 0. The summed E-state index contributed by atoms with van der Waals surface area (Å²) in [6.45, 7) is 13.4. The third-order valence-electron chi connectivity index (χ3n) is 4.36. The van der Waals surface area contributed by atoms with E-state index in [2.05, 4.69) is 11.7 Å². The first kappa shape index (κ1) is 20.6. The number of aryl methyl sites for hydroxylation is 1. The van der Waals surface area contributed by atoms with Crippen molar-refractivity contribution in [3.8, 4) is 0 Å². The number of likely N-dealkylation sites (N-methyl/N-ethyl adjacent to an activating group) is 1. The Kier molecular flexibility index (Phi) is 6.59. The molecule has 2 heterocycles. The summed E-state index contributed by atoms with van der Waals surface area (Å²) in [6, 6.07) is 0. The van der Waals surface area contributed by atoms with Crippen LogP contribution in [-0.4, -0.2) is 72.7 Å². The lowest BCUT2D eigenvalue weighted by atomic mass is 10.3. The monoisotopic (exact) mass is 384 g/mol. The van der Waals surface area contributed by atoms with Crippen molar-refractivity contribution in [1.82, 2.24) is 19.0 Å². The number of morpholine rings is 1. The topological polar surface area (TPSA) is 84.7 Å². The van der Waals surface area contributed by atoms with Gasteiger partial charge < -0.3 is 9.64 Å². The van der Waals surface area contributed by atoms with Gasteiger partial charge in [0.25, 0.3) is 0 Å². The molecule has 2 rings (SSSR count). The maximum atomic E-state index is 13.0. The normalized spacial score (nSPS) is 15.8. The molecule has 0 radical (unpaired) electrons. The zero-order valence-corrected chi connectivity index (χ0v) is 16.8.